The first-order chi connectivity index (χ1) is 13.6. The number of fused-ring (bicyclic) bond motifs is 2. The van der Waals surface area contributed by atoms with Crippen molar-refractivity contribution in [2.75, 3.05) is 6.54 Å². The normalized spacial score (nSPS) is 19.6. The fourth-order valence-corrected chi connectivity index (χ4v) is 5.29. The Hall–Kier alpha value is -2.51. The number of rotatable bonds is 5. The van der Waals surface area contributed by atoms with Gasteiger partial charge in [-0.3, -0.25) is 19.1 Å². The Morgan fingerprint density at radius 3 is 2.86 bits per heavy atom. The summed E-state index contributed by atoms with van der Waals surface area (Å²) >= 11 is 1.84. The summed E-state index contributed by atoms with van der Waals surface area (Å²) in [7, 11) is 0. The summed E-state index contributed by atoms with van der Waals surface area (Å²) in [5, 5.41) is 2.70. The van der Waals surface area contributed by atoms with Crippen molar-refractivity contribution in [1.29, 1.82) is 0 Å². The average molecular weight is 395 g/mol. The summed E-state index contributed by atoms with van der Waals surface area (Å²) in [5.74, 6) is 0.759. The summed E-state index contributed by atoms with van der Waals surface area (Å²) in [6, 6.07) is 9.91. The minimum absolute atomic E-state index is 0.141. The summed E-state index contributed by atoms with van der Waals surface area (Å²) < 4.78 is 1.46. The zero-order valence-corrected chi connectivity index (χ0v) is 16.3. The lowest BCUT2D eigenvalue weighted by molar-refractivity contribution is -0.118. The molecule has 6 nitrogen and oxygen atoms in total. The molecule has 0 spiro atoms. The Balaban J connectivity index is 1.57. The van der Waals surface area contributed by atoms with Crippen LogP contribution in [0.2, 0.25) is 0 Å². The third kappa shape index (κ3) is 3.04. The predicted octanol–water partition coefficient (Wildman–Crippen LogP) is 2.45. The number of hydrogen-bond donors (Lipinski definition) is 1. The zero-order valence-electron chi connectivity index (χ0n) is 15.5. The summed E-state index contributed by atoms with van der Waals surface area (Å²) in [6.45, 7) is 1.34. The fourth-order valence-electron chi connectivity index (χ4n) is 4.37. The van der Waals surface area contributed by atoms with Crippen molar-refractivity contribution in [1.82, 2.24) is 14.5 Å². The maximum absolute atomic E-state index is 13.0. The Morgan fingerprint density at radius 1 is 1.25 bits per heavy atom. The molecule has 0 bridgehead atoms. The van der Waals surface area contributed by atoms with Gasteiger partial charge in [-0.25, -0.2) is 4.98 Å². The highest BCUT2D eigenvalue weighted by molar-refractivity contribution is 7.10. The standard InChI is InChI=1S/C21H22N4O2S/c22-18(26)11-25-19(23-16-4-2-1-3-14(16)21(25)27)12-24-9-7-17-15(8-10-28-17)20(24)13-5-6-13/h1-4,8,10,13,20H,5-7,9,11-12H2,(H2,22,26). The maximum atomic E-state index is 13.0. The van der Waals surface area contributed by atoms with Crippen LogP contribution in [0.3, 0.4) is 0 Å². The van der Waals surface area contributed by atoms with Crippen molar-refractivity contribution in [2.45, 2.75) is 38.4 Å². The molecule has 2 N–H and O–H groups in total. The third-order valence-electron chi connectivity index (χ3n) is 5.79. The van der Waals surface area contributed by atoms with E-state index in [1.54, 1.807) is 6.07 Å². The van der Waals surface area contributed by atoms with Crippen molar-refractivity contribution >= 4 is 28.1 Å². The lowest BCUT2D eigenvalue weighted by Gasteiger charge is -2.36. The average Bonchev–Trinajstić information content (AvgIpc) is 3.40. The van der Waals surface area contributed by atoms with Gasteiger partial charge in [0.15, 0.2) is 0 Å². The lowest BCUT2D eigenvalue weighted by atomic mass is 9.96. The molecule has 28 heavy (non-hydrogen) atoms. The molecule has 1 aliphatic carbocycles. The summed E-state index contributed by atoms with van der Waals surface area (Å²) in [6.07, 6.45) is 3.51. The molecule has 3 aromatic rings. The molecule has 0 saturated heterocycles. The van der Waals surface area contributed by atoms with E-state index < -0.39 is 5.91 Å². The van der Waals surface area contributed by atoms with Gasteiger partial charge >= 0.3 is 0 Å². The van der Waals surface area contributed by atoms with Crippen LogP contribution in [0.1, 0.15) is 35.1 Å². The molecule has 1 aromatic carbocycles. The number of primary amides is 1. The molecule has 5 rings (SSSR count). The van der Waals surface area contributed by atoms with Gasteiger partial charge in [-0.15, -0.1) is 11.3 Å². The quantitative estimate of drug-likeness (QED) is 0.721. The number of carbonyl (C=O) groups is 1. The number of hydrogen-bond acceptors (Lipinski definition) is 5. The molecule has 144 valence electrons. The predicted molar refractivity (Wildman–Crippen MR) is 109 cm³/mol. The molecular weight excluding hydrogens is 372 g/mol. The molecule has 1 aliphatic heterocycles. The highest BCUT2D eigenvalue weighted by Gasteiger charge is 2.40. The number of para-hydroxylation sites is 1. The minimum Gasteiger partial charge on any atom is -0.368 e. The topological polar surface area (TPSA) is 81.2 Å². The van der Waals surface area contributed by atoms with Crippen LogP contribution in [0.25, 0.3) is 10.9 Å². The van der Waals surface area contributed by atoms with Crippen LogP contribution >= 0.6 is 11.3 Å². The van der Waals surface area contributed by atoms with Crippen LogP contribution in [0.4, 0.5) is 0 Å². The van der Waals surface area contributed by atoms with Crippen molar-refractivity contribution in [3.05, 3.63) is 62.3 Å². The van der Waals surface area contributed by atoms with Crippen LogP contribution in [-0.2, 0) is 24.3 Å². The zero-order chi connectivity index (χ0) is 19.3. The summed E-state index contributed by atoms with van der Waals surface area (Å²) in [4.78, 5) is 33.3. The van der Waals surface area contributed by atoms with Gasteiger partial charge in [0.1, 0.15) is 12.4 Å². The monoisotopic (exact) mass is 394 g/mol. The number of carbonyl (C=O) groups excluding carboxylic acids is 1. The highest BCUT2D eigenvalue weighted by atomic mass is 32.1. The second-order valence-electron chi connectivity index (χ2n) is 7.70. The second-order valence-corrected chi connectivity index (χ2v) is 8.71. The lowest BCUT2D eigenvalue weighted by Crippen LogP contribution is -2.39. The van der Waals surface area contributed by atoms with Gasteiger partial charge in [-0.05, 0) is 54.3 Å². The van der Waals surface area contributed by atoms with Crippen LogP contribution < -0.4 is 11.3 Å². The van der Waals surface area contributed by atoms with Gasteiger partial charge in [0.25, 0.3) is 5.56 Å². The van der Waals surface area contributed by atoms with Gasteiger partial charge < -0.3 is 5.73 Å². The minimum atomic E-state index is -0.530. The van der Waals surface area contributed by atoms with E-state index in [9.17, 15) is 9.59 Å². The molecule has 1 saturated carbocycles. The number of nitrogens with zero attached hydrogens (tertiary/aromatic N) is 3. The van der Waals surface area contributed by atoms with Gasteiger partial charge in [-0.1, -0.05) is 12.1 Å². The molecule has 7 heteroatoms. The molecule has 0 radical (unpaired) electrons. The van der Waals surface area contributed by atoms with E-state index in [4.69, 9.17) is 10.7 Å². The van der Waals surface area contributed by atoms with E-state index in [1.165, 1.54) is 27.8 Å². The van der Waals surface area contributed by atoms with E-state index in [0.717, 1.165) is 13.0 Å². The number of thiophene rings is 1. The molecule has 1 fully saturated rings. The highest BCUT2D eigenvalue weighted by Crippen LogP contribution is 2.48. The first-order valence-electron chi connectivity index (χ1n) is 9.69. The molecular formula is C21H22N4O2S. The molecule has 1 amide bonds. The number of aromatic nitrogens is 2. The Bertz CT molecular complexity index is 1120. The van der Waals surface area contributed by atoms with Gasteiger partial charge in [-0.2, -0.15) is 0 Å². The van der Waals surface area contributed by atoms with Gasteiger partial charge in [0.05, 0.1) is 17.4 Å². The van der Waals surface area contributed by atoms with Crippen molar-refractivity contribution in [3.63, 3.8) is 0 Å². The number of amides is 1. The molecule has 2 aliphatic rings. The largest absolute Gasteiger partial charge is 0.368 e. The van der Waals surface area contributed by atoms with E-state index in [0.29, 0.717) is 35.2 Å². The second kappa shape index (κ2) is 6.83. The molecule has 1 atom stereocenters. The number of nitrogens with two attached hydrogens (primary N) is 1. The smallest absolute Gasteiger partial charge is 0.261 e. The Morgan fingerprint density at radius 2 is 2.07 bits per heavy atom. The van der Waals surface area contributed by atoms with Crippen LogP contribution in [0, 0.1) is 5.92 Å². The van der Waals surface area contributed by atoms with Crippen molar-refractivity contribution in [2.24, 2.45) is 11.7 Å². The maximum Gasteiger partial charge on any atom is 0.261 e. The molecule has 2 aromatic heterocycles. The number of benzene rings is 1. The van der Waals surface area contributed by atoms with Gasteiger partial charge in [0.2, 0.25) is 5.91 Å². The summed E-state index contributed by atoms with van der Waals surface area (Å²) in [5.41, 5.74) is 7.34. The van der Waals surface area contributed by atoms with Crippen LogP contribution in [0.5, 0.6) is 0 Å². The van der Waals surface area contributed by atoms with Crippen LogP contribution in [-0.4, -0.2) is 26.9 Å². The Labute approximate surface area is 166 Å². The van der Waals surface area contributed by atoms with E-state index in [-0.39, 0.29) is 12.1 Å². The van der Waals surface area contributed by atoms with Gasteiger partial charge in [0, 0.05) is 17.5 Å². The third-order valence-corrected chi connectivity index (χ3v) is 6.78. The SMILES string of the molecule is NC(=O)Cn1c(CN2CCc3sccc3C2C2CC2)nc2ccccc2c1=O. The first kappa shape index (κ1) is 17.6. The van der Waals surface area contributed by atoms with Crippen molar-refractivity contribution < 1.29 is 4.79 Å². The molecule has 1 unspecified atom stereocenters. The van der Waals surface area contributed by atoms with Crippen LogP contribution in [0.15, 0.2) is 40.5 Å². The van der Waals surface area contributed by atoms with E-state index in [2.05, 4.69) is 16.3 Å². The van der Waals surface area contributed by atoms with Crippen molar-refractivity contribution in [3.8, 4) is 0 Å². The van der Waals surface area contributed by atoms with E-state index >= 15 is 0 Å². The van der Waals surface area contributed by atoms with E-state index in [1.807, 2.05) is 29.5 Å². The fraction of sp³-hybridized carbons (Fsp3) is 0.381. The Kier molecular flexibility index (Phi) is 4.29. The molecule has 3 heterocycles. The first-order valence-corrected chi connectivity index (χ1v) is 10.6.